The van der Waals surface area contributed by atoms with Crippen molar-refractivity contribution in [2.75, 3.05) is 40.6 Å². The average Bonchev–Trinajstić information content (AvgIpc) is 3.50. The summed E-state index contributed by atoms with van der Waals surface area (Å²) in [6.45, 7) is 6.85. The van der Waals surface area contributed by atoms with Gasteiger partial charge in [-0.25, -0.2) is 9.78 Å². The van der Waals surface area contributed by atoms with Crippen LogP contribution in [0.4, 0.5) is 0 Å². The van der Waals surface area contributed by atoms with E-state index in [-0.39, 0.29) is 19.8 Å². The Kier molecular flexibility index (Phi) is 22.1. The Morgan fingerprint density at radius 1 is 0.897 bits per heavy atom. The Labute approximate surface area is 353 Å². The van der Waals surface area contributed by atoms with E-state index >= 15 is 0 Å². The first-order valence-electron chi connectivity index (χ1n) is 19.0. The number of unbranched alkanes of at least 4 members (excludes halogenated alkanes) is 2. The van der Waals surface area contributed by atoms with E-state index in [0.717, 1.165) is 18.4 Å². The maximum Gasteiger partial charge on any atom is 0.303 e. The molecule has 58 heavy (non-hydrogen) atoms. The van der Waals surface area contributed by atoms with Crippen LogP contribution in [0.25, 0.3) is 10.4 Å². The van der Waals surface area contributed by atoms with Crippen molar-refractivity contribution >= 4 is 52.6 Å². The van der Waals surface area contributed by atoms with Gasteiger partial charge in [-0.15, -0.1) is 0 Å². The molecule has 0 saturated carbocycles. The van der Waals surface area contributed by atoms with E-state index in [0.29, 0.717) is 38.0 Å². The van der Waals surface area contributed by atoms with E-state index in [2.05, 4.69) is 10.0 Å². The Balaban J connectivity index is 2.11. The van der Waals surface area contributed by atoms with Crippen molar-refractivity contribution in [1.82, 2.24) is 0 Å². The van der Waals surface area contributed by atoms with Gasteiger partial charge in [-0.1, -0.05) is 78.7 Å². The molecular formula is C37H55Cl3N4O14. The van der Waals surface area contributed by atoms with E-state index in [1.165, 1.54) is 21.0 Å². The maximum atomic E-state index is 12.9. The number of carbonyl (C=O) groups is 2. The van der Waals surface area contributed by atoms with E-state index in [1.807, 2.05) is 38.1 Å². The molecule has 10 atom stereocenters. The number of hydrogen-bond donors (Lipinski definition) is 1. The second kappa shape index (κ2) is 25.8. The first-order valence-corrected chi connectivity index (χ1v) is 20.2. The number of nitrogens with one attached hydrogen (secondary N) is 1. The smallest absolute Gasteiger partial charge is 0.303 e. The summed E-state index contributed by atoms with van der Waals surface area (Å²) in [5.74, 6) is -2.21. The van der Waals surface area contributed by atoms with E-state index in [1.54, 1.807) is 7.11 Å². The second-order valence-electron chi connectivity index (χ2n) is 13.4. The molecule has 0 radical (unpaired) electrons. The lowest BCUT2D eigenvalue weighted by atomic mass is 9.92. The molecule has 18 nitrogen and oxygen atoms in total. The number of benzene rings is 1. The van der Waals surface area contributed by atoms with Crippen LogP contribution in [-0.4, -0.2) is 118 Å². The lowest BCUT2D eigenvalue weighted by Gasteiger charge is -2.45. The normalized spacial score (nSPS) is 26.3. The number of methoxy groups -OCH3 is 1. The van der Waals surface area contributed by atoms with Crippen molar-refractivity contribution in [2.45, 2.75) is 132 Å². The van der Waals surface area contributed by atoms with Crippen molar-refractivity contribution in [3.8, 4) is 5.75 Å². The van der Waals surface area contributed by atoms with Crippen molar-refractivity contribution in [3.05, 3.63) is 40.3 Å². The standard InChI is InChI=1S/C37H55Cl3N4O14/c1-7-9-17-49-32-29(43-44-42)34(58-36(41)37(38,39)40)55-27(21-51-22(3)45)30(32)56-35-31(54-23(4)46)28(33(57-35)50-18-10-8-2)26(12-11-19-53-48-6)52-20-24-13-15-25(47-5)16-14-24/h13-16,26-35,41H,7-12,17-21H2,1-6H3. The minimum absolute atomic E-state index is 0.155. The second-order valence-corrected chi connectivity index (χ2v) is 15.6. The number of rotatable bonds is 25. The largest absolute Gasteiger partial charge is 0.497 e. The number of halogens is 3. The van der Waals surface area contributed by atoms with E-state index < -0.39 is 89.6 Å². The van der Waals surface area contributed by atoms with Gasteiger partial charge in [0.1, 0.15) is 36.7 Å². The predicted octanol–water partition coefficient (Wildman–Crippen LogP) is 6.89. The summed E-state index contributed by atoms with van der Waals surface area (Å²) in [4.78, 5) is 37.9. The highest BCUT2D eigenvalue weighted by Gasteiger charge is 2.56. The van der Waals surface area contributed by atoms with Crippen LogP contribution in [-0.2, 0) is 68.6 Å². The average molecular weight is 886 g/mol. The number of ether oxygens (including phenoxy) is 10. The Bertz CT molecular complexity index is 1450. The van der Waals surface area contributed by atoms with Crippen molar-refractivity contribution in [2.24, 2.45) is 11.0 Å². The molecule has 3 rings (SSSR count). The lowest BCUT2D eigenvalue weighted by molar-refractivity contribution is -0.308. The van der Waals surface area contributed by atoms with E-state index in [4.69, 9.17) is 97.4 Å². The monoisotopic (exact) mass is 884 g/mol. The van der Waals surface area contributed by atoms with Gasteiger partial charge in [0.05, 0.1) is 39.5 Å². The minimum Gasteiger partial charge on any atom is -0.497 e. The summed E-state index contributed by atoms with van der Waals surface area (Å²) in [5.41, 5.74) is 10.5. The number of nitrogens with zero attached hydrogens (tertiary/aromatic N) is 3. The lowest BCUT2D eigenvalue weighted by Crippen LogP contribution is -2.62. The van der Waals surface area contributed by atoms with Gasteiger partial charge in [0.15, 0.2) is 18.7 Å². The minimum atomic E-state index is -2.31. The fraction of sp³-hybridized carbons (Fsp3) is 0.757. The topological polar surface area (TPSA) is 218 Å². The first-order chi connectivity index (χ1) is 27.8. The third-order valence-corrected chi connectivity index (χ3v) is 9.56. The summed E-state index contributed by atoms with van der Waals surface area (Å²) in [5, 5.41) is 12.1. The van der Waals surface area contributed by atoms with Crippen molar-refractivity contribution in [1.29, 1.82) is 5.41 Å². The fourth-order valence-electron chi connectivity index (χ4n) is 6.25. The summed E-state index contributed by atoms with van der Waals surface area (Å²) in [6, 6.07) is 6.03. The molecule has 0 spiro atoms. The molecule has 1 N–H and O–H groups in total. The van der Waals surface area contributed by atoms with Crippen molar-refractivity contribution in [3.63, 3.8) is 0 Å². The van der Waals surface area contributed by atoms with Crippen LogP contribution < -0.4 is 4.74 Å². The fourth-order valence-corrected chi connectivity index (χ4v) is 6.39. The molecule has 1 aromatic carbocycles. The number of alkyl halides is 3. The zero-order chi connectivity index (χ0) is 42.7. The maximum absolute atomic E-state index is 12.9. The summed E-state index contributed by atoms with van der Waals surface area (Å²) in [6.07, 6.45) is -5.71. The molecule has 2 heterocycles. The number of azide groups is 1. The Morgan fingerprint density at radius 3 is 2.17 bits per heavy atom. The highest BCUT2D eigenvalue weighted by Crippen LogP contribution is 2.40. The van der Waals surface area contributed by atoms with Crippen molar-refractivity contribution < 1.29 is 66.7 Å². The quantitative estimate of drug-likeness (QED) is 0.0101. The molecule has 2 fully saturated rings. The van der Waals surface area contributed by atoms with Crippen LogP contribution in [0.3, 0.4) is 0 Å². The number of esters is 2. The molecule has 0 aliphatic carbocycles. The van der Waals surface area contributed by atoms with Gasteiger partial charge in [0.25, 0.3) is 3.79 Å². The van der Waals surface area contributed by atoms with Gasteiger partial charge >= 0.3 is 11.9 Å². The molecule has 21 heteroatoms. The molecule has 1 aromatic rings. The molecule has 2 saturated heterocycles. The van der Waals surface area contributed by atoms with Crippen LogP contribution in [0.5, 0.6) is 5.75 Å². The predicted molar refractivity (Wildman–Crippen MR) is 209 cm³/mol. The van der Waals surface area contributed by atoms with Gasteiger partial charge in [-0.3, -0.25) is 15.0 Å². The molecule has 0 aromatic heterocycles. The molecular weight excluding hydrogens is 831 g/mol. The van der Waals surface area contributed by atoms with Gasteiger partial charge in [-0.2, -0.15) is 0 Å². The molecule has 0 amide bonds. The van der Waals surface area contributed by atoms with Crippen LogP contribution in [0.2, 0.25) is 0 Å². The van der Waals surface area contributed by atoms with E-state index in [9.17, 15) is 15.1 Å². The summed E-state index contributed by atoms with van der Waals surface area (Å²) < 4.78 is 58.5. The molecule has 10 unspecified atom stereocenters. The van der Waals surface area contributed by atoms with Crippen LogP contribution >= 0.6 is 34.8 Å². The molecule has 0 bridgehead atoms. The van der Waals surface area contributed by atoms with Gasteiger partial charge in [-0.05, 0) is 48.9 Å². The summed E-state index contributed by atoms with van der Waals surface area (Å²) >= 11 is 17.8. The van der Waals surface area contributed by atoms with Gasteiger partial charge in [0.2, 0.25) is 12.2 Å². The highest BCUT2D eigenvalue weighted by atomic mass is 35.6. The third kappa shape index (κ3) is 15.7. The van der Waals surface area contributed by atoms with Gasteiger partial charge < -0.3 is 47.4 Å². The first kappa shape index (κ1) is 49.7. The molecule has 2 aliphatic rings. The zero-order valence-corrected chi connectivity index (χ0v) is 35.8. The van der Waals surface area contributed by atoms with Crippen LogP contribution in [0.15, 0.2) is 29.4 Å². The summed E-state index contributed by atoms with van der Waals surface area (Å²) in [7, 11) is 2.99. The Morgan fingerprint density at radius 2 is 1.59 bits per heavy atom. The zero-order valence-electron chi connectivity index (χ0n) is 33.6. The Hall–Kier alpha value is -2.71. The van der Waals surface area contributed by atoms with Crippen LogP contribution in [0.1, 0.15) is 71.8 Å². The third-order valence-electron chi connectivity index (χ3n) is 9.04. The highest BCUT2D eigenvalue weighted by molar-refractivity contribution is 6.76. The number of hydrogen-bond acceptors (Lipinski definition) is 16. The molecule has 2 aliphatic heterocycles. The SMILES string of the molecule is CCCCOC1OC(OC2C(COC(C)=O)OC(OC(=N)C(Cl)(Cl)Cl)C(N=[N+]=[N-])C2OCCCC)C(OC(C)=O)C1C(CCCOOC)OCc1ccc(OC)cc1. The number of carbonyl (C=O) groups excluding carboxylic acids is 2. The molecule has 328 valence electrons. The van der Waals surface area contributed by atoms with Crippen LogP contribution in [0, 0.1) is 11.3 Å². The van der Waals surface area contributed by atoms with Gasteiger partial charge in [0, 0.05) is 32.0 Å².